The molecule has 2 amide bonds. The minimum atomic E-state index is -0.686. The molecular formula is C21H21FN2O2. The Morgan fingerprint density at radius 2 is 1.81 bits per heavy atom. The van der Waals surface area contributed by atoms with Gasteiger partial charge < -0.3 is 10.6 Å². The van der Waals surface area contributed by atoms with Gasteiger partial charge in [0.15, 0.2) is 0 Å². The lowest BCUT2D eigenvalue weighted by atomic mass is 9.63. The van der Waals surface area contributed by atoms with E-state index in [0.717, 1.165) is 19.3 Å². The van der Waals surface area contributed by atoms with Crippen LogP contribution >= 0.6 is 0 Å². The first-order valence-electron chi connectivity index (χ1n) is 9.05. The van der Waals surface area contributed by atoms with Crippen molar-refractivity contribution in [1.29, 1.82) is 0 Å². The van der Waals surface area contributed by atoms with Crippen LogP contribution in [0, 0.1) is 5.82 Å². The quantitative estimate of drug-likeness (QED) is 0.860. The van der Waals surface area contributed by atoms with Crippen molar-refractivity contribution in [3.63, 3.8) is 0 Å². The minimum Gasteiger partial charge on any atom is -0.349 e. The molecule has 2 saturated carbocycles. The van der Waals surface area contributed by atoms with Crippen molar-refractivity contribution in [3.8, 4) is 0 Å². The van der Waals surface area contributed by atoms with Crippen LogP contribution in [-0.2, 0) is 10.2 Å². The molecule has 2 aromatic carbocycles. The SMILES string of the molecule is O=C(NC1CC1)c1cccc(NC(=O)C2(c3cccc(F)c3)CCC2)c1. The van der Waals surface area contributed by atoms with Gasteiger partial charge in [-0.15, -0.1) is 0 Å². The summed E-state index contributed by atoms with van der Waals surface area (Å²) in [6, 6.07) is 13.5. The predicted octanol–water partition coefficient (Wildman–Crippen LogP) is 3.78. The standard InChI is InChI=1S/C21H21FN2O2/c22-16-6-2-5-15(13-16)21(10-3-11-21)20(26)24-18-7-1-4-14(12-18)19(25)23-17-8-9-17/h1-2,4-7,12-13,17H,3,8-11H2,(H,23,25)(H,24,26). The van der Waals surface area contributed by atoms with Crippen LogP contribution in [0.25, 0.3) is 0 Å². The van der Waals surface area contributed by atoms with Crippen LogP contribution in [-0.4, -0.2) is 17.9 Å². The highest BCUT2D eigenvalue weighted by molar-refractivity contribution is 6.01. The highest BCUT2D eigenvalue weighted by atomic mass is 19.1. The molecule has 0 bridgehead atoms. The molecule has 26 heavy (non-hydrogen) atoms. The Morgan fingerprint density at radius 3 is 2.46 bits per heavy atom. The van der Waals surface area contributed by atoms with Crippen LogP contribution in [0.4, 0.5) is 10.1 Å². The second-order valence-corrected chi connectivity index (χ2v) is 7.23. The van der Waals surface area contributed by atoms with Crippen molar-refractivity contribution in [2.75, 3.05) is 5.32 Å². The molecule has 0 unspecified atom stereocenters. The third-order valence-corrected chi connectivity index (χ3v) is 5.31. The molecule has 2 aliphatic rings. The van der Waals surface area contributed by atoms with Crippen molar-refractivity contribution in [2.45, 2.75) is 43.6 Å². The first-order valence-corrected chi connectivity index (χ1v) is 9.05. The number of nitrogens with one attached hydrogen (secondary N) is 2. The van der Waals surface area contributed by atoms with Gasteiger partial charge in [-0.1, -0.05) is 24.6 Å². The predicted molar refractivity (Wildman–Crippen MR) is 97.5 cm³/mol. The summed E-state index contributed by atoms with van der Waals surface area (Å²) in [5, 5.41) is 5.87. The lowest BCUT2D eigenvalue weighted by molar-refractivity contribution is -0.124. The van der Waals surface area contributed by atoms with E-state index in [9.17, 15) is 14.0 Å². The van der Waals surface area contributed by atoms with Crippen LogP contribution < -0.4 is 10.6 Å². The number of anilines is 1. The fourth-order valence-electron chi connectivity index (χ4n) is 3.45. The average Bonchev–Trinajstić information content (AvgIpc) is 3.38. The summed E-state index contributed by atoms with van der Waals surface area (Å²) in [5.41, 5.74) is 1.14. The van der Waals surface area contributed by atoms with E-state index in [1.165, 1.54) is 12.1 Å². The highest BCUT2D eigenvalue weighted by Gasteiger charge is 2.45. The molecule has 2 N–H and O–H groups in total. The summed E-state index contributed by atoms with van der Waals surface area (Å²) in [6.45, 7) is 0. The molecule has 134 valence electrons. The van der Waals surface area contributed by atoms with E-state index < -0.39 is 5.41 Å². The van der Waals surface area contributed by atoms with Gasteiger partial charge in [0.2, 0.25) is 5.91 Å². The Labute approximate surface area is 151 Å². The normalized spacial score (nSPS) is 17.9. The van der Waals surface area contributed by atoms with Crippen molar-refractivity contribution in [3.05, 3.63) is 65.5 Å². The van der Waals surface area contributed by atoms with Crippen molar-refractivity contribution < 1.29 is 14.0 Å². The maximum Gasteiger partial charge on any atom is 0.251 e. The Morgan fingerprint density at radius 1 is 1.04 bits per heavy atom. The van der Waals surface area contributed by atoms with Crippen LogP contribution in [0.1, 0.15) is 48.0 Å². The molecule has 4 nitrogen and oxygen atoms in total. The first-order chi connectivity index (χ1) is 12.6. The number of amides is 2. The molecule has 2 fully saturated rings. The molecule has 4 rings (SSSR count). The topological polar surface area (TPSA) is 58.2 Å². The average molecular weight is 352 g/mol. The van der Waals surface area contributed by atoms with E-state index in [-0.39, 0.29) is 23.7 Å². The molecular weight excluding hydrogens is 331 g/mol. The molecule has 0 atom stereocenters. The van der Waals surface area contributed by atoms with Crippen LogP contribution in [0.3, 0.4) is 0 Å². The third kappa shape index (κ3) is 3.21. The zero-order valence-electron chi connectivity index (χ0n) is 14.4. The van der Waals surface area contributed by atoms with Crippen LogP contribution in [0.2, 0.25) is 0 Å². The Hall–Kier alpha value is -2.69. The van der Waals surface area contributed by atoms with Crippen LogP contribution in [0.15, 0.2) is 48.5 Å². The monoisotopic (exact) mass is 352 g/mol. The Kier molecular flexibility index (Phi) is 4.23. The summed E-state index contributed by atoms with van der Waals surface area (Å²) in [7, 11) is 0. The largest absolute Gasteiger partial charge is 0.349 e. The number of carbonyl (C=O) groups is 2. The lowest BCUT2D eigenvalue weighted by Crippen LogP contribution is -2.46. The van der Waals surface area contributed by atoms with E-state index >= 15 is 0 Å². The molecule has 0 aromatic heterocycles. The van der Waals surface area contributed by atoms with Crippen molar-refractivity contribution in [1.82, 2.24) is 5.32 Å². The van der Waals surface area contributed by atoms with Crippen molar-refractivity contribution >= 4 is 17.5 Å². The molecule has 0 spiro atoms. The number of halogens is 1. The fourth-order valence-corrected chi connectivity index (χ4v) is 3.45. The summed E-state index contributed by atoms with van der Waals surface area (Å²) in [6.07, 6.45) is 4.39. The second-order valence-electron chi connectivity index (χ2n) is 7.23. The van der Waals surface area contributed by atoms with Gasteiger partial charge in [0, 0.05) is 17.3 Å². The van der Waals surface area contributed by atoms with E-state index in [1.54, 1.807) is 36.4 Å². The Balaban J connectivity index is 1.52. The maximum absolute atomic E-state index is 13.6. The molecule has 0 saturated heterocycles. The van der Waals surface area contributed by atoms with Gasteiger partial charge in [-0.05, 0) is 61.6 Å². The second kappa shape index (κ2) is 6.56. The van der Waals surface area contributed by atoms with Gasteiger partial charge in [-0.2, -0.15) is 0 Å². The smallest absolute Gasteiger partial charge is 0.251 e. The van der Waals surface area contributed by atoms with Gasteiger partial charge >= 0.3 is 0 Å². The summed E-state index contributed by atoms with van der Waals surface area (Å²) in [4.78, 5) is 25.2. The van der Waals surface area contributed by atoms with Gasteiger partial charge in [-0.25, -0.2) is 4.39 Å². The zero-order valence-corrected chi connectivity index (χ0v) is 14.4. The van der Waals surface area contributed by atoms with Crippen molar-refractivity contribution in [2.24, 2.45) is 0 Å². The Bertz CT molecular complexity index is 857. The van der Waals surface area contributed by atoms with Gasteiger partial charge in [0.25, 0.3) is 5.91 Å². The maximum atomic E-state index is 13.6. The minimum absolute atomic E-state index is 0.118. The third-order valence-electron chi connectivity index (χ3n) is 5.31. The summed E-state index contributed by atoms with van der Waals surface area (Å²) < 4.78 is 13.6. The molecule has 5 heteroatoms. The highest BCUT2D eigenvalue weighted by Crippen LogP contribution is 2.44. The first kappa shape index (κ1) is 16.8. The molecule has 2 aliphatic carbocycles. The molecule has 0 aliphatic heterocycles. The number of carbonyl (C=O) groups excluding carboxylic acids is 2. The van der Waals surface area contributed by atoms with Gasteiger partial charge in [-0.3, -0.25) is 9.59 Å². The van der Waals surface area contributed by atoms with E-state index in [0.29, 0.717) is 29.7 Å². The zero-order chi connectivity index (χ0) is 18.1. The van der Waals surface area contributed by atoms with E-state index in [1.807, 2.05) is 0 Å². The fraction of sp³-hybridized carbons (Fsp3) is 0.333. The number of hydrogen-bond acceptors (Lipinski definition) is 2. The number of benzene rings is 2. The molecule has 0 heterocycles. The lowest BCUT2D eigenvalue weighted by Gasteiger charge is -2.40. The molecule has 0 radical (unpaired) electrons. The number of hydrogen-bond donors (Lipinski definition) is 2. The summed E-state index contributed by atoms with van der Waals surface area (Å²) in [5.74, 6) is -0.596. The van der Waals surface area contributed by atoms with Gasteiger partial charge in [0.05, 0.1) is 5.41 Å². The summed E-state index contributed by atoms with van der Waals surface area (Å²) >= 11 is 0. The van der Waals surface area contributed by atoms with Gasteiger partial charge in [0.1, 0.15) is 5.82 Å². The van der Waals surface area contributed by atoms with E-state index in [4.69, 9.17) is 0 Å². The molecule has 2 aromatic rings. The number of rotatable bonds is 5. The van der Waals surface area contributed by atoms with Crippen LogP contribution in [0.5, 0.6) is 0 Å². The van der Waals surface area contributed by atoms with E-state index in [2.05, 4.69) is 10.6 Å².